The van der Waals surface area contributed by atoms with Crippen LogP contribution in [0.2, 0.25) is 0 Å². The lowest BCUT2D eigenvalue weighted by Crippen LogP contribution is -2.52. The number of hydrogen-bond donors (Lipinski definition) is 1. The van der Waals surface area contributed by atoms with Gasteiger partial charge in [-0.05, 0) is 54.7 Å². The number of unbranched alkanes of at least 4 members (excludes halogenated alkanes) is 1. The molecule has 1 atom stereocenters. The molecule has 2 rings (SSSR count). The second-order valence-electron chi connectivity index (χ2n) is 8.73. The Balaban J connectivity index is 2.39. The Kier molecular flexibility index (Phi) is 11.2. The molecule has 0 aromatic heterocycles. The number of methoxy groups -OCH3 is 1. The zero-order chi connectivity index (χ0) is 26.7. The summed E-state index contributed by atoms with van der Waals surface area (Å²) >= 11 is 0. The maximum atomic E-state index is 13.7. The van der Waals surface area contributed by atoms with Gasteiger partial charge in [0.15, 0.2) is 0 Å². The number of rotatable bonds is 14. The fourth-order valence-electron chi connectivity index (χ4n) is 3.86. The van der Waals surface area contributed by atoms with Crippen LogP contribution in [0.5, 0.6) is 5.75 Å². The van der Waals surface area contributed by atoms with Crippen molar-refractivity contribution in [3.63, 3.8) is 0 Å². The highest BCUT2D eigenvalue weighted by atomic mass is 32.2. The van der Waals surface area contributed by atoms with E-state index in [4.69, 9.17) is 4.74 Å². The molecule has 1 N–H and O–H groups in total. The van der Waals surface area contributed by atoms with Crippen LogP contribution >= 0.6 is 0 Å². The molecule has 36 heavy (non-hydrogen) atoms. The number of nitrogens with zero attached hydrogens (tertiary/aromatic N) is 2. The molecule has 0 bridgehead atoms. The zero-order valence-corrected chi connectivity index (χ0v) is 22.8. The average molecular weight is 518 g/mol. The highest BCUT2D eigenvalue weighted by Gasteiger charge is 2.31. The Bertz CT molecular complexity index is 1090. The van der Waals surface area contributed by atoms with Crippen molar-refractivity contribution in [2.45, 2.75) is 59.0 Å². The van der Waals surface area contributed by atoms with Gasteiger partial charge in [0.25, 0.3) is 0 Å². The number of amides is 2. The molecule has 0 heterocycles. The van der Waals surface area contributed by atoms with E-state index in [1.165, 1.54) is 4.90 Å². The van der Waals surface area contributed by atoms with E-state index in [2.05, 4.69) is 5.32 Å². The largest absolute Gasteiger partial charge is 0.497 e. The number of benzene rings is 2. The van der Waals surface area contributed by atoms with Crippen LogP contribution in [-0.2, 0) is 32.6 Å². The van der Waals surface area contributed by atoms with Crippen LogP contribution in [0.25, 0.3) is 0 Å². The van der Waals surface area contributed by atoms with Gasteiger partial charge in [0.2, 0.25) is 21.8 Å². The summed E-state index contributed by atoms with van der Waals surface area (Å²) in [5, 5.41) is 2.92. The number of carbonyl (C=O) groups excluding carboxylic acids is 2. The van der Waals surface area contributed by atoms with Gasteiger partial charge in [-0.1, -0.05) is 51.5 Å². The Morgan fingerprint density at radius 1 is 0.972 bits per heavy atom. The van der Waals surface area contributed by atoms with Crippen LogP contribution in [0.4, 0.5) is 5.69 Å². The summed E-state index contributed by atoms with van der Waals surface area (Å²) in [6.45, 7) is 6.18. The van der Waals surface area contributed by atoms with E-state index >= 15 is 0 Å². The van der Waals surface area contributed by atoms with Crippen LogP contribution in [0.1, 0.15) is 51.2 Å². The monoisotopic (exact) mass is 517 g/mol. The quantitative estimate of drug-likeness (QED) is 0.385. The molecule has 2 amide bonds. The summed E-state index contributed by atoms with van der Waals surface area (Å²) in [6, 6.07) is 13.6. The lowest BCUT2D eigenvalue weighted by atomic mass is 10.1. The van der Waals surface area contributed by atoms with Crippen LogP contribution in [0, 0.1) is 0 Å². The summed E-state index contributed by atoms with van der Waals surface area (Å²) in [6.07, 6.45) is 4.06. The second-order valence-corrected chi connectivity index (χ2v) is 10.6. The van der Waals surface area contributed by atoms with Crippen molar-refractivity contribution in [2.75, 3.05) is 30.8 Å². The molecule has 0 saturated carbocycles. The van der Waals surface area contributed by atoms with Gasteiger partial charge in [-0.25, -0.2) is 8.42 Å². The molecule has 0 fully saturated rings. The Morgan fingerprint density at radius 3 is 2.08 bits per heavy atom. The number of sulfonamides is 1. The van der Waals surface area contributed by atoms with Gasteiger partial charge in [-0.3, -0.25) is 13.9 Å². The van der Waals surface area contributed by atoms with E-state index < -0.39 is 28.5 Å². The summed E-state index contributed by atoms with van der Waals surface area (Å²) in [5.41, 5.74) is 2.28. The van der Waals surface area contributed by atoms with Crippen molar-refractivity contribution in [1.29, 1.82) is 0 Å². The molecular weight excluding hydrogens is 478 g/mol. The van der Waals surface area contributed by atoms with E-state index in [1.54, 1.807) is 31.4 Å². The van der Waals surface area contributed by atoms with Gasteiger partial charge in [0.1, 0.15) is 18.3 Å². The molecule has 0 saturated heterocycles. The van der Waals surface area contributed by atoms with Gasteiger partial charge in [-0.2, -0.15) is 0 Å². The normalized spacial score (nSPS) is 12.0. The van der Waals surface area contributed by atoms with Crippen molar-refractivity contribution in [1.82, 2.24) is 10.2 Å². The maximum Gasteiger partial charge on any atom is 0.244 e. The first-order valence-corrected chi connectivity index (χ1v) is 14.3. The predicted molar refractivity (Wildman–Crippen MR) is 144 cm³/mol. The molecule has 2 aromatic carbocycles. The summed E-state index contributed by atoms with van der Waals surface area (Å²) in [7, 11) is -2.17. The molecule has 0 radical (unpaired) electrons. The van der Waals surface area contributed by atoms with Crippen molar-refractivity contribution in [3.8, 4) is 5.75 Å². The average Bonchev–Trinajstić information content (AvgIpc) is 2.87. The van der Waals surface area contributed by atoms with E-state index in [0.717, 1.165) is 41.0 Å². The minimum absolute atomic E-state index is 0.162. The third-order valence-electron chi connectivity index (χ3n) is 6.04. The number of anilines is 1. The smallest absolute Gasteiger partial charge is 0.244 e. The second kappa shape index (κ2) is 13.9. The zero-order valence-electron chi connectivity index (χ0n) is 22.0. The Morgan fingerprint density at radius 2 is 1.58 bits per heavy atom. The fourth-order valence-corrected chi connectivity index (χ4v) is 4.71. The van der Waals surface area contributed by atoms with Crippen LogP contribution in [0.3, 0.4) is 0 Å². The van der Waals surface area contributed by atoms with Gasteiger partial charge in [-0.15, -0.1) is 0 Å². The van der Waals surface area contributed by atoms with Crippen LogP contribution < -0.4 is 14.4 Å². The van der Waals surface area contributed by atoms with Crippen molar-refractivity contribution < 1.29 is 22.7 Å². The first-order chi connectivity index (χ1) is 17.1. The topological polar surface area (TPSA) is 96.0 Å². The van der Waals surface area contributed by atoms with Crippen LogP contribution in [0.15, 0.2) is 48.5 Å². The summed E-state index contributed by atoms with van der Waals surface area (Å²) in [5.74, 6) is -0.0147. The molecule has 8 nitrogen and oxygen atoms in total. The summed E-state index contributed by atoms with van der Waals surface area (Å²) < 4.78 is 31.7. The third-order valence-corrected chi connectivity index (χ3v) is 7.18. The first kappa shape index (κ1) is 29.2. The van der Waals surface area contributed by atoms with E-state index in [9.17, 15) is 18.0 Å². The Hall–Kier alpha value is -3.07. The predicted octanol–water partition coefficient (Wildman–Crippen LogP) is 3.75. The number of carbonyl (C=O) groups is 2. The molecule has 0 aliphatic carbocycles. The molecule has 0 spiro atoms. The van der Waals surface area contributed by atoms with Crippen molar-refractivity contribution in [3.05, 3.63) is 59.7 Å². The van der Waals surface area contributed by atoms with Gasteiger partial charge in [0.05, 0.1) is 19.1 Å². The molecule has 0 unspecified atom stereocenters. The van der Waals surface area contributed by atoms with Crippen LogP contribution in [-0.4, -0.2) is 57.6 Å². The number of nitrogens with one attached hydrogen (secondary N) is 1. The van der Waals surface area contributed by atoms with Gasteiger partial charge in [0, 0.05) is 13.1 Å². The number of ether oxygens (including phenoxy) is 1. The molecule has 0 aliphatic heterocycles. The molecule has 198 valence electrons. The molecule has 0 aliphatic rings. The fraction of sp³-hybridized carbons (Fsp3) is 0.481. The lowest BCUT2D eigenvalue weighted by molar-refractivity contribution is -0.140. The SMILES string of the molecule is CCCCNC(=O)[C@@H](CC)N(Cc1ccc(OC)cc1)C(=O)CN(c1ccc(CC)cc1)S(C)(=O)=O. The van der Waals surface area contributed by atoms with E-state index in [1.807, 2.05) is 45.0 Å². The van der Waals surface area contributed by atoms with E-state index in [-0.39, 0.29) is 12.5 Å². The molecular formula is C27H39N3O5S. The maximum absolute atomic E-state index is 13.7. The van der Waals surface area contributed by atoms with E-state index in [0.29, 0.717) is 24.4 Å². The van der Waals surface area contributed by atoms with Crippen molar-refractivity contribution in [2.24, 2.45) is 0 Å². The highest BCUT2D eigenvalue weighted by molar-refractivity contribution is 7.92. The molecule has 2 aromatic rings. The highest BCUT2D eigenvalue weighted by Crippen LogP contribution is 2.21. The van der Waals surface area contributed by atoms with Crippen molar-refractivity contribution >= 4 is 27.5 Å². The minimum Gasteiger partial charge on any atom is -0.497 e. The standard InChI is InChI=1S/C27H39N3O5S/c1-6-9-18-28-27(32)25(8-3)29(19-22-12-16-24(35-4)17-13-22)26(31)20-30(36(5,33)34)23-14-10-21(7-2)11-15-23/h10-17,25H,6-9,18-20H2,1-5H3,(H,28,32)/t25-/m1/s1. The first-order valence-electron chi connectivity index (χ1n) is 12.4. The number of aryl methyl sites for hydroxylation is 1. The summed E-state index contributed by atoms with van der Waals surface area (Å²) in [4.78, 5) is 28.2. The third kappa shape index (κ3) is 8.26. The molecule has 9 heteroatoms. The van der Waals surface area contributed by atoms with Gasteiger partial charge < -0.3 is 15.0 Å². The lowest BCUT2D eigenvalue weighted by Gasteiger charge is -2.33. The minimum atomic E-state index is -3.75. The van der Waals surface area contributed by atoms with Gasteiger partial charge >= 0.3 is 0 Å². The Labute approximate surface area is 215 Å². The number of hydrogen-bond acceptors (Lipinski definition) is 5.